The Bertz CT molecular complexity index is 835. The maximum atomic E-state index is 12.5. The molecule has 4 heterocycles. The van der Waals surface area contributed by atoms with Crippen LogP contribution in [0.15, 0.2) is 34.1 Å². The predicted molar refractivity (Wildman–Crippen MR) is 88.7 cm³/mol. The number of thioether (sulfide) groups is 2. The summed E-state index contributed by atoms with van der Waals surface area (Å²) in [6, 6.07) is 7.37. The van der Waals surface area contributed by atoms with E-state index in [-0.39, 0.29) is 11.8 Å². The van der Waals surface area contributed by atoms with Gasteiger partial charge in [0.25, 0.3) is 11.8 Å². The molecule has 0 N–H and O–H groups in total. The SMILES string of the molecule is Cc1ccc2ccc(N3C(=O)C4=C(SCCS4)C3=O)nc2n1. The third kappa shape index (κ3) is 2.04. The molecule has 0 saturated carbocycles. The van der Waals surface area contributed by atoms with Gasteiger partial charge in [0.1, 0.15) is 5.82 Å². The number of amides is 2. The summed E-state index contributed by atoms with van der Waals surface area (Å²) < 4.78 is 0. The van der Waals surface area contributed by atoms with Crippen molar-refractivity contribution in [3.8, 4) is 0 Å². The maximum absolute atomic E-state index is 12.5. The molecule has 0 atom stereocenters. The molecule has 2 aromatic heterocycles. The van der Waals surface area contributed by atoms with Crippen LogP contribution in [0.3, 0.4) is 0 Å². The number of rotatable bonds is 1. The van der Waals surface area contributed by atoms with Gasteiger partial charge in [-0.05, 0) is 31.2 Å². The number of fused-ring (bicyclic) bond motifs is 1. The van der Waals surface area contributed by atoms with E-state index in [1.54, 1.807) is 6.07 Å². The molecule has 0 radical (unpaired) electrons. The van der Waals surface area contributed by atoms with Crippen LogP contribution in [0.4, 0.5) is 5.82 Å². The zero-order chi connectivity index (χ0) is 15.3. The van der Waals surface area contributed by atoms with Gasteiger partial charge < -0.3 is 0 Å². The Labute approximate surface area is 135 Å². The smallest absolute Gasteiger partial charge is 0.267 e. The molecule has 22 heavy (non-hydrogen) atoms. The normalized spacial score (nSPS) is 18.3. The third-order valence-electron chi connectivity index (χ3n) is 3.48. The summed E-state index contributed by atoms with van der Waals surface area (Å²) in [5, 5.41) is 0.884. The molecule has 2 aliphatic heterocycles. The van der Waals surface area contributed by atoms with Crippen molar-refractivity contribution in [1.29, 1.82) is 0 Å². The first-order chi connectivity index (χ1) is 10.6. The van der Waals surface area contributed by atoms with Crippen molar-refractivity contribution in [3.05, 3.63) is 39.8 Å². The van der Waals surface area contributed by atoms with Crippen molar-refractivity contribution in [1.82, 2.24) is 9.97 Å². The number of anilines is 1. The van der Waals surface area contributed by atoms with Gasteiger partial charge in [0, 0.05) is 22.6 Å². The highest BCUT2D eigenvalue weighted by Gasteiger charge is 2.41. The second-order valence-corrected chi connectivity index (χ2v) is 7.18. The molecule has 0 bridgehead atoms. The molecule has 0 aliphatic carbocycles. The number of hydrogen-bond donors (Lipinski definition) is 0. The number of imide groups is 1. The number of aromatic nitrogens is 2. The Hall–Kier alpha value is -1.86. The van der Waals surface area contributed by atoms with Gasteiger partial charge >= 0.3 is 0 Å². The van der Waals surface area contributed by atoms with Crippen LogP contribution in [0, 0.1) is 6.92 Å². The fraction of sp³-hybridized carbons (Fsp3) is 0.200. The number of hydrogen-bond acceptors (Lipinski definition) is 6. The van der Waals surface area contributed by atoms with E-state index in [9.17, 15) is 9.59 Å². The quantitative estimate of drug-likeness (QED) is 0.749. The van der Waals surface area contributed by atoms with Crippen molar-refractivity contribution >= 4 is 52.2 Å². The van der Waals surface area contributed by atoms with E-state index in [1.165, 1.54) is 28.4 Å². The molecular formula is C15H11N3O2S2. The average Bonchev–Trinajstić information content (AvgIpc) is 2.79. The molecule has 0 fully saturated rings. The average molecular weight is 329 g/mol. The summed E-state index contributed by atoms with van der Waals surface area (Å²) in [7, 11) is 0. The van der Waals surface area contributed by atoms with E-state index in [1.807, 2.05) is 25.1 Å². The van der Waals surface area contributed by atoms with Crippen LogP contribution in [0.1, 0.15) is 5.69 Å². The maximum Gasteiger partial charge on any atom is 0.274 e. The van der Waals surface area contributed by atoms with Crippen molar-refractivity contribution in [2.45, 2.75) is 6.92 Å². The number of aryl methyl sites for hydroxylation is 1. The summed E-state index contributed by atoms with van der Waals surface area (Å²) in [4.78, 5) is 36.1. The van der Waals surface area contributed by atoms with Gasteiger partial charge in [0.2, 0.25) is 0 Å². The lowest BCUT2D eigenvalue weighted by molar-refractivity contribution is -0.120. The van der Waals surface area contributed by atoms with Crippen molar-refractivity contribution in [2.24, 2.45) is 0 Å². The molecule has 0 unspecified atom stereocenters. The second-order valence-electron chi connectivity index (χ2n) is 4.97. The standard InChI is InChI=1S/C15H11N3O2S2/c1-8-2-3-9-4-5-10(17-13(9)16-8)18-14(19)11-12(15(18)20)22-7-6-21-11/h2-5H,6-7H2,1H3. The molecule has 4 rings (SSSR count). The first kappa shape index (κ1) is 13.8. The van der Waals surface area contributed by atoms with E-state index in [0.29, 0.717) is 21.3 Å². The van der Waals surface area contributed by atoms with Crippen molar-refractivity contribution in [2.75, 3.05) is 16.4 Å². The minimum Gasteiger partial charge on any atom is -0.267 e. The van der Waals surface area contributed by atoms with E-state index in [2.05, 4.69) is 9.97 Å². The van der Waals surface area contributed by atoms with Crippen LogP contribution in [0.5, 0.6) is 0 Å². The molecule has 110 valence electrons. The van der Waals surface area contributed by atoms with Gasteiger partial charge in [0.15, 0.2) is 5.65 Å². The molecule has 0 saturated heterocycles. The molecule has 2 aliphatic rings. The highest BCUT2D eigenvalue weighted by Crippen LogP contribution is 2.41. The van der Waals surface area contributed by atoms with Crippen LogP contribution in [0.2, 0.25) is 0 Å². The van der Waals surface area contributed by atoms with Crippen molar-refractivity contribution in [3.63, 3.8) is 0 Å². The van der Waals surface area contributed by atoms with Crippen LogP contribution in [0.25, 0.3) is 11.0 Å². The van der Waals surface area contributed by atoms with Crippen LogP contribution < -0.4 is 4.90 Å². The van der Waals surface area contributed by atoms with Crippen LogP contribution in [-0.2, 0) is 9.59 Å². The minimum atomic E-state index is -0.267. The summed E-state index contributed by atoms with van der Waals surface area (Å²) in [5.74, 6) is 1.51. The lowest BCUT2D eigenvalue weighted by atomic mass is 10.2. The molecule has 2 amide bonds. The zero-order valence-corrected chi connectivity index (χ0v) is 13.3. The Morgan fingerprint density at radius 2 is 1.59 bits per heavy atom. The molecule has 2 aromatic rings. The monoisotopic (exact) mass is 329 g/mol. The van der Waals surface area contributed by atoms with Crippen LogP contribution >= 0.6 is 23.5 Å². The molecular weight excluding hydrogens is 318 g/mol. The minimum absolute atomic E-state index is 0.267. The largest absolute Gasteiger partial charge is 0.274 e. The molecule has 0 aromatic carbocycles. The first-order valence-corrected chi connectivity index (χ1v) is 8.75. The summed E-state index contributed by atoms with van der Waals surface area (Å²) in [6.07, 6.45) is 0. The van der Waals surface area contributed by atoms with Gasteiger partial charge in [-0.2, -0.15) is 0 Å². The highest BCUT2D eigenvalue weighted by molar-refractivity contribution is 8.11. The van der Waals surface area contributed by atoms with Gasteiger partial charge in [-0.1, -0.05) is 0 Å². The highest BCUT2D eigenvalue weighted by atomic mass is 32.2. The summed E-state index contributed by atoms with van der Waals surface area (Å²) >= 11 is 2.91. The third-order valence-corrected chi connectivity index (χ3v) is 6.02. The summed E-state index contributed by atoms with van der Waals surface area (Å²) in [6.45, 7) is 1.88. The fourth-order valence-corrected chi connectivity index (χ4v) is 4.74. The predicted octanol–water partition coefficient (Wildman–Crippen LogP) is 2.50. The number of pyridine rings is 2. The van der Waals surface area contributed by atoms with E-state index < -0.39 is 0 Å². The number of carbonyl (C=O) groups excluding carboxylic acids is 2. The fourth-order valence-electron chi connectivity index (χ4n) is 2.45. The zero-order valence-electron chi connectivity index (χ0n) is 11.7. The van der Waals surface area contributed by atoms with Gasteiger partial charge in [-0.15, -0.1) is 23.5 Å². The lowest BCUT2D eigenvalue weighted by Crippen LogP contribution is -2.31. The second kappa shape index (κ2) is 5.10. The van der Waals surface area contributed by atoms with E-state index in [4.69, 9.17) is 0 Å². The van der Waals surface area contributed by atoms with Gasteiger partial charge in [0.05, 0.1) is 9.81 Å². The topological polar surface area (TPSA) is 63.2 Å². The molecule has 5 nitrogen and oxygen atoms in total. The number of carbonyl (C=O) groups is 2. The molecule has 0 spiro atoms. The Morgan fingerprint density at radius 1 is 0.955 bits per heavy atom. The van der Waals surface area contributed by atoms with E-state index >= 15 is 0 Å². The van der Waals surface area contributed by atoms with Crippen molar-refractivity contribution < 1.29 is 9.59 Å². The summed E-state index contributed by atoms with van der Waals surface area (Å²) in [5.41, 5.74) is 1.39. The Balaban J connectivity index is 1.79. The first-order valence-electron chi connectivity index (χ1n) is 6.78. The molecule has 7 heteroatoms. The van der Waals surface area contributed by atoms with Crippen LogP contribution in [-0.4, -0.2) is 33.3 Å². The lowest BCUT2D eigenvalue weighted by Gasteiger charge is -2.13. The van der Waals surface area contributed by atoms with E-state index in [0.717, 1.165) is 22.6 Å². The van der Waals surface area contributed by atoms with Gasteiger partial charge in [-0.25, -0.2) is 14.9 Å². The Morgan fingerprint density at radius 3 is 2.27 bits per heavy atom. The number of nitrogens with zero attached hydrogens (tertiary/aromatic N) is 3. The van der Waals surface area contributed by atoms with Gasteiger partial charge in [-0.3, -0.25) is 9.59 Å². The Kier molecular flexibility index (Phi) is 3.19.